The van der Waals surface area contributed by atoms with Crippen molar-refractivity contribution in [3.05, 3.63) is 27.9 Å². The lowest BCUT2D eigenvalue weighted by atomic mass is 10.2. The topological polar surface area (TPSA) is 75.5 Å². The molecule has 1 N–H and O–H groups in total. The SMILES string of the molecule is Cc1nc2nc(CN(C)C[C@H]3CCCO3)cc(=O)n2[nH]1. The molecule has 1 atom stereocenters. The van der Waals surface area contributed by atoms with Crippen LogP contribution in [0.2, 0.25) is 0 Å². The third-order valence-electron chi connectivity index (χ3n) is 3.47. The smallest absolute Gasteiger partial charge is 0.274 e. The molecule has 2 aromatic rings. The van der Waals surface area contributed by atoms with Crippen molar-refractivity contribution in [2.45, 2.75) is 32.4 Å². The lowest BCUT2D eigenvalue weighted by Gasteiger charge is -2.19. The second-order valence-corrected chi connectivity index (χ2v) is 5.36. The number of aromatic amines is 1. The number of rotatable bonds is 4. The molecule has 108 valence electrons. The number of aryl methyl sites for hydroxylation is 1. The maximum atomic E-state index is 11.9. The number of nitrogens with zero attached hydrogens (tertiary/aromatic N) is 4. The highest BCUT2D eigenvalue weighted by molar-refractivity contribution is 5.27. The van der Waals surface area contributed by atoms with Crippen molar-refractivity contribution in [3.63, 3.8) is 0 Å². The molecule has 0 aliphatic carbocycles. The number of nitrogens with one attached hydrogen (secondary N) is 1. The fraction of sp³-hybridized carbons (Fsp3) is 0.615. The first kappa shape index (κ1) is 13.3. The molecule has 1 aliphatic rings. The highest BCUT2D eigenvalue weighted by Gasteiger charge is 2.18. The Morgan fingerprint density at radius 1 is 1.55 bits per heavy atom. The fourth-order valence-electron chi connectivity index (χ4n) is 2.59. The van der Waals surface area contributed by atoms with Gasteiger partial charge in [0.05, 0.1) is 11.8 Å². The summed E-state index contributed by atoms with van der Waals surface area (Å²) in [6, 6.07) is 1.55. The first-order valence-electron chi connectivity index (χ1n) is 6.87. The first-order chi connectivity index (χ1) is 9.61. The van der Waals surface area contributed by atoms with Crippen molar-refractivity contribution >= 4 is 5.78 Å². The van der Waals surface area contributed by atoms with Crippen LogP contribution in [0.3, 0.4) is 0 Å². The van der Waals surface area contributed by atoms with Crippen LogP contribution in [0.4, 0.5) is 0 Å². The predicted octanol–water partition coefficient (Wildman–Crippen LogP) is 0.337. The molecule has 3 rings (SSSR count). The van der Waals surface area contributed by atoms with Crippen LogP contribution in [0, 0.1) is 6.92 Å². The number of hydrogen-bond donors (Lipinski definition) is 1. The van der Waals surface area contributed by atoms with Gasteiger partial charge in [0.25, 0.3) is 11.3 Å². The third kappa shape index (κ3) is 2.73. The summed E-state index contributed by atoms with van der Waals surface area (Å²) in [6.07, 6.45) is 2.55. The molecule has 3 heterocycles. The Morgan fingerprint density at radius 3 is 3.15 bits per heavy atom. The number of fused-ring (bicyclic) bond motifs is 1. The van der Waals surface area contributed by atoms with Gasteiger partial charge in [-0.1, -0.05) is 0 Å². The molecule has 1 saturated heterocycles. The summed E-state index contributed by atoms with van der Waals surface area (Å²) < 4.78 is 6.97. The van der Waals surface area contributed by atoms with Crippen molar-refractivity contribution in [3.8, 4) is 0 Å². The Bertz CT molecular complexity index is 656. The molecule has 0 unspecified atom stereocenters. The summed E-state index contributed by atoms with van der Waals surface area (Å²) in [7, 11) is 2.01. The lowest BCUT2D eigenvalue weighted by Crippen LogP contribution is -2.29. The predicted molar refractivity (Wildman–Crippen MR) is 73.7 cm³/mol. The minimum atomic E-state index is -0.129. The molecule has 7 nitrogen and oxygen atoms in total. The molecule has 1 fully saturated rings. The maximum Gasteiger partial charge on any atom is 0.274 e. The number of likely N-dealkylation sites (N-methyl/N-ethyl adjacent to an activating group) is 1. The molecule has 0 aromatic carbocycles. The Hall–Kier alpha value is -1.73. The van der Waals surface area contributed by atoms with E-state index < -0.39 is 0 Å². The van der Waals surface area contributed by atoms with Crippen LogP contribution >= 0.6 is 0 Å². The molecule has 0 radical (unpaired) electrons. The molecule has 0 spiro atoms. The van der Waals surface area contributed by atoms with Gasteiger partial charge in [-0.25, -0.2) is 4.98 Å². The summed E-state index contributed by atoms with van der Waals surface area (Å²) in [4.78, 5) is 22.7. The zero-order valence-corrected chi connectivity index (χ0v) is 11.8. The number of ether oxygens (including phenoxy) is 1. The maximum absolute atomic E-state index is 11.9. The van der Waals surface area contributed by atoms with Gasteiger partial charge in [-0.2, -0.15) is 9.50 Å². The van der Waals surface area contributed by atoms with Crippen molar-refractivity contribution in [2.75, 3.05) is 20.2 Å². The van der Waals surface area contributed by atoms with Crippen LogP contribution < -0.4 is 5.56 Å². The van der Waals surface area contributed by atoms with Crippen LogP contribution in [0.15, 0.2) is 10.9 Å². The Labute approximate surface area is 116 Å². The minimum absolute atomic E-state index is 0.129. The fourth-order valence-corrected chi connectivity index (χ4v) is 2.59. The standard InChI is InChI=1S/C13H19N5O2/c1-9-14-13-15-10(6-12(19)18(13)16-9)7-17(2)8-11-4-3-5-20-11/h6,11H,3-5,7-8H2,1-2H3,(H,14,15,16)/t11-/m1/s1. The minimum Gasteiger partial charge on any atom is -0.377 e. The molecule has 1 aliphatic heterocycles. The number of aromatic nitrogens is 4. The Kier molecular flexibility index (Phi) is 3.54. The van der Waals surface area contributed by atoms with Crippen molar-refractivity contribution in [1.29, 1.82) is 0 Å². The molecular formula is C13H19N5O2. The molecular weight excluding hydrogens is 258 g/mol. The summed E-state index contributed by atoms with van der Waals surface area (Å²) in [5, 5.41) is 2.86. The van der Waals surface area contributed by atoms with E-state index in [1.165, 1.54) is 4.52 Å². The zero-order chi connectivity index (χ0) is 14.1. The third-order valence-corrected chi connectivity index (χ3v) is 3.47. The van der Waals surface area contributed by atoms with Gasteiger partial charge in [0.15, 0.2) is 0 Å². The van der Waals surface area contributed by atoms with Crippen LogP contribution in [-0.2, 0) is 11.3 Å². The summed E-state index contributed by atoms with van der Waals surface area (Å²) in [5.41, 5.74) is 0.609. The van der Waals surface area contributed by atoms with Crippen molar-refractivity contribution in [1.82, 2.24) is 24.5 Å². The van der Waals surface area contributed by atoms with Crippen LogP contribution in [0.5, 0.6) is 0 Å². The normalized spacial score (nSPS) is 19.2. The Balaban J connectivity index is 1.74. The molecule has 0 amide bonds. The van der Waals surface area contributed by atoms with E-state index in [4.69, 9.17) is 4.74 Å². The van der Waals surface area contributed by atoms with Gasteiger partial charge < -0.3 is 4.74 Å². The molecule has 2 aromatic heterocycles. The molecule has 20 heavy (non-hydrogen) atoms. The highest BCUT2D eigenvalue weighted by Crippen LogP contribution is 2.13. The summed E-state index contributed by atoms with van der Waals surface area (Å²) in [5.74, 6) is 1.11. The van der Waals surface area contributed by atoms with E-state index in [1.807, 2.05) is 7.05 Å². The monoisotopic (exact) mass is 277 g/mol. The zero-order valence-electron chi connectivity index (χ0n) is 11.8. The van der Waals surface area contributed by atoms with Gasteiger partial charge in [0, 0.05) is 25.8 Å². The number of hydrogen-bond acceptors (Lipinski definition) is 5. The second-order valence-electron chi connectivity index (χ2n) is 5.36. The van der Waals surface area contributed by atoms with Gasteiger partial charge in [-0.3, -0.25) is 14.8 Å². The number of H-pyrrole nitrogens is 1. The first-order valence-corrected chi connectivity index (χ1v) is 6.87. The van der Waals surface area contributed by atoms with E-state index in [1.54, 1.807) is 13.0 Å². The quantitative estimate of drug-likeness (QED) is 0.872. The van der Waals surface area contributed by atoms with Crippen LogP contribution in [0.1, 0.15) is 24.4 Å². The average Bonchev–Trinajstić information content (AvgIpc) is 2.98. The Morgan fingerprint density at radius 2 is 2.40 bits per heavy atom. The highest BCUT2D eigenvalue weighted by atomic mass is 16.5. The van der Waals surface area contributed by atoms with E-state index >= 15 is 0 Å². The average molecular weight is 277 g/mol. The van der Waals surface area contributed by atoms with Gasteiger partial charge >= 0.3 is 0 Å². The van der Waals surface area contributed by atoms with Crippen molar-refractivity contribution < 1.29 is 4.74 Å². The van der Waals surface area contributed by atoms with Gasteiger partial charge in [-0.05, 0) is 26.8 Å². The van der Waals surface area contributed by atoms with Gasteiger partial charge in [-0.15, -0.1) is 0 Å². The summed E-state index contributed by atoms with van der Waals surface area (Å²) >= 11 is 0. The largest absolute Gasteiger partial charge is 0.377 e. The van der Waals surface area contributed by atoms with E-state index in [0.717, 1.165) is 31.7 Å². The molecule has 0 bridgehead atoms. The van der Waals surface area contributed by atoms with E-state index in [9.17, 15) is 4.79 Å². The van der Waals surface area contributed by atoms with E-state index in [0.29, 0.717) is 24.3 Å². The molecule has 7 heteroatoms. The second kappa shape index (κ2) is 5.34. The lowest BCUT2D eigenvalue weighted by molar-refractivity contribution is 0.0790. The van der Waals surface area contributed by atoms with Crippen LogP contribution in [0.25, 0.3) is 5.78 Å². The van der Waals surface area contributed by atoms with Crippen molar-refractivity contribution in [2.24, 2.45) is 0 Å². The van der Waals surface area contributed by atoms with Gasteiger partial charge in [0.2, 0.25) is 0 Å². The van der Waals surface area contributed by atoms with Crippen LogP contribution in [-0.4, -0.2) is 50.8 Å². The molecule has 0 saturated carbocycles. The van der Waals surface area contributed by atoms with E-state index in [-0.39, 0.29) is 5.56 Å². The van der Waals surface area contributed by atoms with E-state index in [2.05, 4.69) is 20.0 Å². The summed E-state index contributed by atoms with van der Waals surface area (Å²) in [6.45, 7) is 4.14. The van der Waals surface area contributed by atoms with Gasteiger partial charge in [0.1, 0.15) is 5.82 Å².